The van der Waals surface area contributed by atoms with E-state index in [4.69, 9.17) is 0 Å². The minimum absolute atomic E-state index is 0. The first-order valence-electron chi connectivity index (χ1n) is 3.37. The Kier molecular flexibility index (Phi) is 7.48. The van der Waals surface area contributed by atoms with Crippen LogP contribution in [0, 0.1) is 6.92 Å². The van der Waals surface area contributed by atoms with Crippen LogP contribution in [0.5, 0.6) is 0 Å². The van der Waals surface area contributed by atoms with Crippen LogP contribution in [-0.4, -0.2) is 16.8 Å². The molecular weight excluding hydrogens is 197 g/mol. The fourth-order valence-electron chi connectivity index (χ4n) is 1.01. The van der Waals surface area contributed by atoms with Crippen molar-refractivity contribution in [3.63, 3.8) is 0 Å². The predicted octanol–water partition coefficient (Wildman–Crippen LogP) is 1.29. The highest BCUT2D eigenvalue weighted by atomic mass is 35.5. The third kappa shape index (κ3) is 3.43. The highest BCUT2D eigenvalue weighted by Gasteiger charge is 1.99. The van der Waals surface area contributed by atoms with Crippen molar-refractivity contribution in [2.24, 2.45) is 7.05 Å². The zero-order chi connectivity index (χ0) is 7.56. The molecular formula is C7H15Cl2N3. The van der Waals surface area contributed by atoms with Gasteiger partial charge in [0.15, 0.2) is 0 Å². The SMILES string of the molecule is CNCc1cn(C)nc1C.Cl.Cl. The van der Waals surface area contributed by atoms with E-state index in [2.05, 4.69) is 10.4 Å². The van der Waals surface area contributed by atoms with Crippen LogP contribution in [0.1, 0.15) is 11.3 Å². The van der Waals surface area contributed by atoms with Crippen LogP contribution in [0.3, 0.4) is 0 Å². The van der Waals surface area contributed by atoms with E-state index in [0.717, 1.165) is 12.2 Å². The van der Waals surface area contributed by atoms with Gasteiger partial charge < -0.3 is 5.32 Å². The minimum Gasteiger partial charge on any atom is -0.316 e. The summed E-state index contributed by atoms with van der Waals surface area (Å²) in [5.41, 5.74) is 2.38. The smallest absolute Gasteiger partial charge is 0.0638 e. The molecule has 0 aliphatic heterocycles. The maximum atomic E-state index is 4.21. The standard InChI is InChI=1S/C7H13N3.2ClH/c1-6-7(4-8-2)5-10(3)9-6;;/h5,8H,4H2,1-3H3;2*1H. The van der Waals surface area contributed by atoms with Crippen molar-refractivity contribution in [1.29, 1.82) is 0 Å². The molecule has 12 heavy (non-hydrogen) atoms. The van der Waals surface area contributed by atoms with E-state index in [9.17, 15) is 0 Å². The number of rotatable bonds is 2. The topological polar surface area (TPSA) is 29.9 Å². The molecule has 1 rings (SSSR count). The van der Waals surface area contributed by atoms with Crippen LogP contribution < -0.4 is 5.32 Å². The first kappa shape index (κ1) is 14.3. The summed E-state index contributed by atoms with van der Waals surface area (Å²) in [5.74, 6) is 0. The van der Waals surface area contributed by atoms with Crippen molar-refractivity contribution in [1.82, 2.24) is 15.1 Å². The second-order valence-electron chi connectivity index (χ2n) is 2.44. The highest BCUT2D eigenvalue weighted by molar-refractivity contribution is 5.85. The fourth-order valence-corrected chi connectivity index (χ4v) is 1.01. The van der Waals surface area contributed by atoms with Gasteiger partial charge in [-0.2, -0.15) is 5.10 Å². The number of hydrogen-bond acceptors (Lipinski definition) is 2. The molecule has 1 N–H and O–H groups in total. The lowest BCUT2D eigenvalue weighted by Crippen LogP contribution is -2.04. The largest absolute Gasteiger partial charge is 0.316 e. The zero-order valence-electron chi connectivity index (χ0n) is 7.50. The molecule has 0 unspecified atom stereocenters. The van der Waals surface area contributed by atoms with E-state index < -0.39 is 0 Å². The molecule has 0 saturated carbocycles. The molecule has 0 radical (unpaired) electrons. The summed E-state index contributed by atoms with van der Waals surface area (Å²) in [4.78, 5) is 0. The van der Waals surface area contributed by atoms with Crippen molar-refractivity contribution >= 4 is 24.8 Å². The van der Waals surface area contributed by atoms with Gasteiger partial charge in [0.25, 0.3) is 0 Å². The lowest BCUT2D eigenvalue weighted by molar-refractivity contribution is 0.756. The molecule has 0 aliphatic rings. The monoisotopic (exact) mass is 211 g/mol. The van der Waals surface area contributed by atoms with Crippen LogP contribution in [-0.2, 0) is 13.6 Å². The molecule has 3 nitrogen and oxygen atoms in total. The van der Waals surface area contributed by atoms with Gasteiger partial charge in [0.2, 0.25) is 0 Å². The molecule has 1 heterocycles. The number of hydrogen-bond donors (Lipinski definition) is 1. The van der Waals surface area contributed by atoms with Gasteiger partial charge in [-0.05, 0) is 14.0 Å². The molecule has 72 valence electrons. The molecule has 0 saturated heterocycles. The predicted molar refractivity (Wildman–Crippen MR) is 55.2 cm³/mol. The second kappa shape index (κ2) is 6.29. The van der Waals surface area contributed by atoms with Gasteiger partial charge in [0, 0.05) is 25.4 Å². The van der Waals surface area contributed by atoms with Gasteiger partial charge in [-0.25, -0.2) is 0 Å². The molecule has 1 aromatic rings. The summed E-state index contributed by atoms with van der Waals surface area (Å²) in [6.07, 6.45) is 2.03. The first-order valence-corrected chi connectivity index (χ1v) is 3.37. The Labute approximate surface area is 85.4 Å². The molecule has 1 aromatic heterocycles. The Balaban J connectivity index is 0. The summed E-state index contributed by atoms with van der Waals surface area (Å²) in [7, 11) is 3.87. The van der Waals surface area contributed by atoms with Gasteiger partial charge in [-0.15, -0.1) is 24.8 Å². The van der Waals surface area contributed by atoms with Crippen molar-refractivity contribution in [3.8, 4) is 0 Å². The van der Waals surface area contributed by atoms with Gasteiger partial charge >= 0.3 is 0 Å². The van der Waals surface area contributed by atoms with E-state index in [1.54, 1.807) is 0 Å². The molecule has 0 aliphatic carbocycles. The van der Waals surface area contributed by atoms with Crippen molar-refractivity contribution in [2.75, 3.05) is 7.05 Å². The summed E-state index contributed by atoms with van der Waals surface area (Å²) < 4.78 is 1.84. The molecule has 0 fully saturated rings. The number of aromatic nitrogens is 2. The lowest BCUT2D eigenvalue weighted by atomic mass is 10.3. The molecule has 0 atom stereocenters. The van der Waals surface area contributed by atoms with Crippen molar-refractivity contribution in [2.45, 2.75) is 13.5 Å². The third-order valence-electron chi connectivity index (χ3n) is 1.48. The van der Waals surface area contributed by atoms with Crippen LogP contribution in [0.4, 0.5) is 0 Å². The molecule has 5 heteroatoms. The van der Waals surface area contributed by atoms with Crippen LogP contribution >= 0.6 is 24.8 Å². The number of aryl methyl sites for hydroxylation is 2. The molecule has 0 bridgehead atoms. The summed E-state index contributed by atoms with van der Waals surface area (Å²) in [6, 6.07) is 0. The first-order chi connectivity index (χ1) is 4.74. The summed E-state index contributed by atoms with van der Waals surface area (Å²) >= 11 is 0. The van der Waals surface area contributed by atoms with E-state index in [1.807, 2.05) is 31.9 Å². The maximum Gasteiger partial charge on any atom is 0.0638 e. The maximum absolute atomic E-state index is 4.21. The van der Waals surface area contributed by atoms with E-state index in [1.165, 1.54) is 5.56 Å². The Hall–Kier alpha value is -0.250. The average Bonchev–Trinajstić information content (AvgIpc) is 2.13. The summed E-state index contributed by atoms with van der Waals surface area (Å²) in [5, 5.41) is 7.29. The minimum atomic E-state index is 0. The second-order valence-corrected chi connectivity index (χ2v) is 2.44. The molecule has 0 spiro atoms. The van der Waals surface area contributed by atoms with Crippen molar-refractivity contribution < 1.29 is 0 Å². The quantitative estimate of drug-likeness (QED) is 0.800. The Morgan fingerprint density at radius 1 is 1.50 bits per heavy atom. The number of nitrogens with zero attached hydrogens (tertiary/aromatic N) is 2. The normalized spacial score (nSPS) is 8.58. The number of nitrogens with one attached hydrogen (secondary N) is 1. The highest BCUT2D eigenvalue weighted by Crippen LogP contribution is 2.02. The van der Waals surface area contributed by atoms with E-state index >= 15 is 0 Å². The third-order valence-corrected chi connectivity index (χ3v) is 1.48. The van der Waals surface area contributed by atoms with Gasteiger partial charge in [-0.1, -0.05) is 0 Å². The molecule has 0 aromatic carbocycles. The number of halogens is 2. The van der Waals surface area contributed by atoms with Gasteiger partial charge in [0.1, 0.15) is 0 Å². The Morgan fingerprint density at radius 3 is 2.42 bits per heavy atom. The summed E-state index contributed by atoms with van der Waals surface area (Å²) in [6.45, 7) is 2.92. The average molecular weight is 212 g/mol. The van der Waals surface area contributed by atoms with Crippen LogP contribution in [0.2, 0.25) is 0 Å². The fraction of sp³-hybridized carbons (Fsp3) is 0.571. The lowest BCUT2D eigenvalue weighted by Gasteiger charge is -1.93. The Morgan fingerprint density at radius 2 is 2.08 bits per heavy atom. The van der Waals surface area contributed by atoms with Crippen LogP contribution in [0.15, 0.2) is 6.20 Å². The van der Waals surface area contributed by atoms with Crippen molar-refractivity contribution in [3.05, 3.63) is 17.5 Å². The Bertz CT molecular complexity index is 222. The molecule has 0 amide bonds. The van der Waals surface area contributed by atoms with E-state index in [-0.39, 0.29) is 24.8 Å². The van der Waals surface area contributed by atoms with Gasteiger partial charge in [0.05, 0.1) is 5.69 Å². The zero-order valence-corrected chi connectivity index (χ0v) is 9.13. The van der Waals surface area contributed by atoms with E-state index in [0.29, 0.717) is 0 Å². The van der Waals surface area contributed by atoms with Crippen LogP contribution in [0.25, 0.3) is 0 Å². The van der Waals surface area contributed by atoms with Gasteiger partial charge in [-0.3, -0.25) is 4.68 Å².